The molecule has 1 heterocycles. The number of anilines is 1. The van der Waals surface area contributed by atoms with Gasteiger partial charge in [-0.2, -0.15) is 5.26 Å². The molecule has 1 unspecified atom stereocenters. The minimum absolute atomic E-state index is 0.240. The van der Waals surface area contributed by atoms with Crippen LogP contribution in [0.5, 0.6) is 0 Å². The highest BCUT2D eigenvalue weighted by molar-refractivity contribution is 5.78. The second-order valence-electron chi connectivity index (χ2n) is 3.36. The molecule has 0 aliphatic rings. The molecule has 1 atom stereocenters. The van der Waals surface area contributed by atoms with E-state index < -0.39 is 12.0 Å². The van der Waals surface area contributed by atoms with E-state index in [9.17, 15) is 4.79 Å². The number of rotatable bonds is 4. The van der Waals surface area contributed by atoms with E-state index in [0.29, 0.717) is 12.1 Å². The Kier molecular flexibility index (Phi) is 3.84. The zero-order valence-corrected chi connectivity index (χ0v) is 9.21. The van der Waals surface area contributed by atoms with Gasteiger partial charge in [0.05, 0.1) is 5.69 Å². The van der Waals surface area contributed by atoms with Crippen molar-refractivity contribution in [2.24, 2.45) is 0 Å². The molecule has 0 radical (unpaired) electrons. The number of nitriles is 1. The Labute approximate surface area is 93.9 Å². The molecule has 0 aliphatic heterocycles. The number of carbonyl (C=O) groups is 1. The molecular weight excluding hydrogens is 206 g/mol. The van der Waals surface area contributed by atoms with E-state index in [1.807, 2.05) is 6.07 Å². The zero-order valence-electron chi connectivity index (χ0n) is 9.21. The molecule has 0 aromatic carbocycles. The monoisotopic (exact) mass is 219 g/mol. The summed E-state index contributed by atoms with van der Waals surface area (Å²) in [5, 5.41) is 17.9. The molecule has 1 aromatic heterocycles. The fraction of sp³-hybridized carbons (Fsp3) is 0.364. The average molecular weight is 219 g/mol. The quantitative estimate of drug-likeness (QED) is 0.824. The number of hydrogen-bond acceptors (Lipinski definition) is 4. The van der Waals surface area contributed by atoms with Crippen molar-refractivity contribution in [3.63, 3.8) is 0 Å². The van der Waals surface area contributed by atoms with E-state index in [-0.39, 0.29) is 5.69 Å². The van der Waals surface area contributed by atoms with Crippen LogP contribution in [-0.2, 0) is 4.79 Å². The first-order valence-electron chi connectivity index (χ1n) is 4.92. The van der Waals surface area contributed by atoms with E-state index in [2.05, 4.69) is 4.98 Å². The fourth-order valence-electron chi connectivity index (χ4n) is 1.55. The molecule has 1 aromatic rings. The van der Waals surface area contributed by atoms with Crippen LogP contribution < -0.4 is 4.90 Å². The summed E-state index contributed by atoms with van der Waals surface area (Å²) in [7, 11) is 1.65. The summed E-state index contributed by atoms with van der Waals surface area (Å²) in [6.45, 7) is 1.79. The van der Waals surface area contributed by atoms with Crippen LogP contribution in [0.2, 0.25) is 0 Å². The molecule has 5 nitrogen and oxygen atoms in total. The van der Waals surface area contributed by atoms with Gasteiger partial charge in [-0.25, -0.2) is 9.78 Å². The summed E-state index contributed by atoms with van der Waals surface area (Å²) in [6, 6.07) is 4.68. The lowest BCUT2D eigenvalue weighted by molar-refractivity contribution is -0.138. The first-order valence-corrected chi connectivity index (χ1v) is 4.92. The molecule has 0 amide bonds. The lowest BCUT2D eigenvalue weighted by Gasteiger charge is -2.25. The molecule has 0 saturated carbocycles. The van der Waals surface area contributed by atoms with Gasteiger partial charge in [-0.3, -0.25) is 0 Å². The second kappa shape index (κ2) is 5.12. The molecule has 5 heteroatoms. The van der Waals surface area contributed by atoms with Gasteiger partial charge in [-0.1, -0.05) is 6.92 Å². The van der Waals surface area contributed by atoms with Gasteiger partial charge in [0.15, 0.2) is 5.69 Å². The Morgan fingerprint density at radius 2 is 2.44 bits per heavy atom. The van der Waals surface area contributed by atoms with Crippen LogP contribution in [-0.4, -0.2) is 29.1 Å². The summed E-state index contributed by atoms with van der Waals surface area (Å²) in [4.78, 5) is 16.5. The van der Waals surface area contributed by atoms with Crippen molar-refractivity contribution in [1.29, 1.82) is 5.26 Å². The largest absolute Gasteiger partial charge is 0.480 e. The first-order chi connectivity index (χ1) is 7.61. The third kappa shape index (κ3) is 2.28. The Hall–Kier alpha value is -2.09. The Morgan fingerprint density at radius 1 is 1.75 bits per heavy atom. The maximum absolute atomic E-state index is 11.0. The molecule has 1 rings (SSSR count). The van der Waals surface area contributed by atoms with Crippen molar-refractivity contribution in [2.45, 2.75) is 19.4 Å². The van der Waals surface area contributed by atoms with Crippen molar-refractivity contribution in [1.82, 2.24) is 4.98 Å². The van der Waals surface area contributed by atoms with Gasteiger partial charge in [0.25, 0.3) is 0 Å². The van der Waals surface area contributed by atoms with E-state index >= 15 is 0 Å². The predicted octanol–water partition coefficient (Wildman–Crippen LogP) is 1.25. The third-order valence-electron chi connectivity index (χ3n) is 2.41. The summed E-state index contributed by atoms with van der Waals surface area (Å²) >= 11 is 0. The van der Waals surface area contributed by atoms with E-state index in [1.165, 1.54) is 6.20 Å². The van der Waals surface area contributed by atoms with Gasteiger partial charge in [0.1, 0.15) is 12.1 Å². The summed E-state index contributed by atoms with van der Waals surface area (Å²) in [5.74, 6) is -0.905. The molecule has 0 saturated heterocycles. The van der Waals surface area contributed by atoms with E-state index in [4.69, 9.17) is 10.4 Å². The molecule has 84 valence electrons. The molecule has 0 aliphatic carbocycles. The standard InChI is InChI=1S/C11H13N3O2/c1-3-9(11(15)16)14(2)10-5-4-6-13-8(10)7-12/h4-6,9H,3H2,1-2H3,(H,15,16). The molecule has 0 fully saturated rings. The van der Waals surface area contributed by atoms with Crippen LogP contribution >= 0.6 is 0 Å². The number of aliphatic carboxylic acids is 1. The Bertz CT molecular complexity index is 425. The first kappa shape index (κ1) is 12.0. The zero-order chi connectivity index (χ0) is 12.1. The number of nitrogens with zero attached hydrogens (tertiary/aromatic N) is 3. The SMILES string of the molecule is CCC(C(=O)O)N(C)c1cccnc1C#N. The van der Waals surface area contributed by atoms with Crippen molar-refractivity contribution in [2.75, 3.05) is 11.9 Å². The summed E-state index contributed by atoms with van der Waals surface area (Å²) < 4.78 is 0. The van der Waals surface area contributed by atoms with Gasteiger partial charge in [0.2, 0.25) is 0 Å². The van der Waals surface area contributed by atoms with Crippen molar-refractivity contribution < 1.29 is 9.90 Å². The summed E-state index contributed by atoms with van der Waals surface area (Å²) in [5.41, 5.74) is 0.781. The minimum atomic E-state index is -0.905. The number of pyridine rings is 1. The molecule has 0 bridgehead atoms. The van der Waals surface area contributed by atoms with Crippen LogP contribution in [0, 0.1) is 11.3 Å². The van der Waals surface area contributed by atoms with Crippen molar-refractivity contribution in [3.8, 4) is 6.07 Å². The van der Waals surface area contributed by atoms with Crippen molar-refractivity contribution in [3.05, 3.63) is 24.0 Å². The minimum Gasteiger partial charge on any atom is -0.480 e. The molecule has 1 N–H and O–H groups in total. The Morgan fingerprint density at radius 3 is 2.94 bits per heavy atom. The number of likely N-dealkylation sites (N-methyl/N-ethyl adjacent to an activating group) is 1. The van der Waals surface area contributed by atoms with Gasteiger partial charge in [0, 0.05) is 13.2 Å². The number of carboxylic acid groups (broad SMARTS) is 1. The van der Waals surface area contributed by atoms with Crippen LogP contribution in [0.1, 0.15) is 19.0 Å². The lowest BCUT2D eigenvalue weighted by atomic mass is 10.1. The van der Waals surface area contributed by atoms with Crippen LogP contribution in [0.3, 0.4) is 0 Å². The molecular formula is C11H13N3O2. The maximum Gasteiger partial charge on any atom is 0.326 e. The van der Waals surface area contributed by atoms with Crippen LogP contribution in [0.25, 0.3) is 0 Å². The number of aromatic nitrogens is 1. The predicted molar refractivity (Wildman–Crippen MR) is 59.1 cm³/mol. The van der Waals surface area contributed by atoms with Gasteiger partial charge in [-0.05, 0) is 18.6 Å². The second-order valence-corrected chi connectivity index (χ2v) is 3.36. The highest BCUT2D eigenvalue weighted by atomic mass is 16.4. The maximum atomic E-state index is 11.0. The topological polar surface area (TPSA) is 77.2 Å². The van der Waals surface area contributed by atoms with Gasteiger partial charge >= 0.3 is 5.97 Å². The van der Waals surface area contributed by atoms with E-state index in [1.54, 1.807) is 31.0 Å². The van der Waals surface area contributed by atoms with Crippen LogP contribution in [0.15, 0.2) is 18.3 Å². The summed E-state index contributed by atoms with van der Waals surface area (Å²) in [6.07, 6.45) is 1.98. The van der Waals surface area contributed by atoms with Gasteiger partial charge < -0.3 is 10.0 Å². The van der Waals surface area contributed by atoms with Crippen molar-refractivity contribution >= 4 is 11.7 Å². The average Bonchev–Trinajstić information content (AvgIpc) is 2.29. The van der Waals surface area contributed by atoms with Crippen LogP contribution in [0.4, 0.5) is 5.69 Å². The highest BCUT2D eigenvalue weighted by Gasteiger charge is 2.22. The smallest absolute Gasteiger partial charge is 0.326 e. The Balaban J connectivity index is 3.08. The fourth-order valence-corrected chi connectivity index (χ4v) is 1.55. The normalized spacial score (nSPS) is 11.6. The van der Waals surface area contributed by atoms with Gasteiger partial charge in [-0.15, -0.1) is 0 Å². The van der Waals surface area contributed by atoms with E-state index in [0.717, 1.165) is 0 Å². The third-order valence-corrected chi connectivity index (χ3v) is 2.41. The molecule has 0 spiro atoms. The number of carboxylic acids is 1. The molecule has 16 heavy (non-hydrogen) atoms. The highest BCUT2D eigenvalue weighted by Crippen LogP contribution is 2.19. The number of hydrogen-bond donors (Lipinski definition) is 1. The lowest BCUT2D eigenvalue weighted by Crippen LogP contribution is -2.38.